The lowest BCUT2D eigenvalue weighted by Crippen LogP contribution is -2.34. The van der Waals surface area contributed by atoms with Gasteiger partial charge in [0.1, 0.15) is 6.10 Å². The average molecular weight is 260 g/mol. The van der Waals surface area contributed by atoms with E-state index in [-0.39, 0.29) is 11.9 Å². The van der Waals surface area contributed by atoms with Crippen LogP contribution in [0.3, 0.4) is 0 Å². The first kappa shape index (κ1) is 14.3. The Bertz CT molecular complexity index is 402. The predicted octanol–water partition coefficient (Wildman–Crippen LogP) is 3.70. The van der Waals surface area contributed by atoms with Crippen LogP contribution in [-0.2, 0) is 16.0 Å². The Balaban J connectivity index is 1.97. The normalized spacial score (nSPS) is 18.2. The van der Waals surface area contributed by atoms with Gasteiger partial charge in [-0.15, -0.1) is 0 Å². The summed E-state index contributed by atoms with van der Waals surface area (Å²) < 4.78 is 5.50. The number of aryl methyl sites for hydroxylation is 1. The molecular formula is C17H24O2. The number of methoxy groups -OCH3 is 1. The summed E-state index contributed by atoms with van der Waals surface area (Å²) >= 11 is 0. The van der Waals surface area contributed by atoms with Crippen LogP contribution in [0.4, 0.5) is 0 Å². The van der Waals surface area contributed by atoms with Crippen LogP contribution in [0.5, 0.6) is 0 Å². The van der Waals surface area contributed by atoms with E-state index in [2.05, 4.69) is 19.1 Å². The van der Waals surface area contributed by atoms with Crippen molar-refractivity contribution in [3.63, 3.8) is 0 Å². The van der Waals surface area contributed by atoms with Gasteiger partial charge in [-0.1, -0.05) is 49.1 Å². The van der Waals surface area contributed by atoms with Crippen LogP contribution < -0.4 is 0 Å². The number of hydrogen-bond donors (Lipinski definition) is 0. The molecule has 1 unspecified atom stereocenters. The fourth-order valence-electron chi connectivity index (χ4n) is 3.03. The van der Waals surface area contributed by atoms with Gasteiger partial charge in [-0.25, -0.2) is 0 Å². The molecule has 1 saturated carbocycles. The SMILES string of the molecule is COC(C(=O)Cc1ccc(C)cc1)C1CCCCC1. The van der Waals surface area contributed by atoms with Crippen LogP contribution in [0.2, 0.25) is 0 Å². The zero-order valence-electron chi connectivity index (χ0n) is 12.0. The fraction of sp³-hybridized carbons (Fsp3) is 0.588. The van der Waals surface area contributed by atoms with Crippen molar-refractivity contribution in [2.75, 3.05) is 7.11 Å². The van der Waals surface area contributed by atoms with E-state index in [9.17, 15) is 4.79 Å². The van der Waals surface area contributed by atoms with E-state index >= 15 is 0 Å². The average Bonchev–Trinajstić information content (AvgIpc) is 2.43. The zero-order valence-corrected chi connectivity index (χ0v) is 12.0. The van der Waals surface area contributed by atoms with Crippen molar-refractivity contribution in [3.8, 4) is 0 Å². The number of Topliss-reactive ketones (excluding diaryl/α,β-unsaturated/α-hetero) is 1. The van der Waals surface area contributed by atoms with Gasteiger partial charge >= 0.3 is 0 Å². The molecule has 0 aromatic heterocycles. The second-order valence-corrected chi connectivity index (χ2v) is 5.68. The number of carbonyl (C=O) groups is 1. The molecule has 2 nitrogen and oxygen atoms in total. The molecule has 0 aliphatic heterocycles. The Labute approximate surface area is 116 Å². The van der Waals surface area contributed by atoms with Gasteiger partial charge in [-0.2, -0.15) is 0 Å². The first-order chi connectivity index (χ1) is 9.20. The Morgan fingerprint density at radius 3 is 2.42 bits per heavy atom. The van der Waals surface area contributed by atoms with Crippen LogP contribution in [0.1, 0.15) is 43.2 Å². The number of rotatable bonds is 5. The van der Waals surface area contributed by atoms with E-state index in [1.807, 2.05) is 12.1 Å². The molecule has 1 aliphatic rings. The highest BCUT2D eigenvalue weighted by atomic mass is 16.5. The molecule has 2 rings (SSSR count). The van der Waals surface area contributed by atoms with E-state index in [4.69, 9.17) is 4.74 Å². The number of benzene rings is 1. The molecule has 1 fully saturated rings. The van der Waals surface area contributed by atoms with Crippen LogP contribution in [0.25, 0.3) is 0 Å². The molecule has 1 aromatic carbocycles. The van der Waals surface area contributed by atoms with E-state index in [0.717, 1.165) is 18.4 Å². The van der Waals surface area contributed by atoms with Crippen molar-refractivity contribution >= 4 is 5.78 Å². The quantitative estimate of drug-likeness (QED) is 0.807. The van der Waals surface area contributed by atoms with E-state index in [0.29, 0.717) is 12.3 Å². The van der Waals surface area contributed by atoms with Gasteiger partial charge in [-0.3, -0.25) is 4.79 Å². The maximum absolute atomic E-state index is 12.4. The molecule has 0 N–H and O–H groups in total. The third kappa shape index (κ3) is 3.90. The highest BCUT2D eigenvalue weighted by Crippen LogP contribution is 2.28. The zero-order chi connectivity index (χ0) is 13.7. The van der Waals surface area contributed by atoms with Crippen LogP contribution >= 0.6 is 0 Å². The minimum absolute atomic E-state index is 0.207. The minimum atomic E-state index is -0.207. The van der Waals surface area contributed by atoms with Gasteiger partial charge in [0.15, 0.2) is 5.78 Å². The summed E-state index contributed by atoms with van der Waals surface area (Å²) in [6.07, 6.45) is 6.34. The molecular weight excluding hydrogens is 236 g/mol. The Morgan fingerprint density at radius 2 is 1.84 bits per heavy atom. The fourth-order valence-corrected chi connectivity index (χ4v) is 3.03. The smallest absolute Gasteiger partial charge is 0.166 e. The number of ketones is 1. The summed E-state index contributed by atoms with van der Waals surface area (Å²) in [5, 5.41) is 0. The number of ether oxygens (including phenoxy) is 1. The first-order valence-corrected chi connectivity index (χ1v) is 7.32. The lowest BCUT2D eigenvalue weighted by molar-refractivity contribution is -0.132. The van der Waals surface area contributed by atoms with Gasteiger partial charge in [-0.05, 0) is 31.2 Å². The largest absolute Gasteiger partial charge is 0.373 e. The number of hydrogen-bond acceptors (Lipinski definition) is 2. The van der Waals surface area contributed by atoms with Gasteiger partial charge in [0.25, 0.3) is 0 Å². The van der Waals surface area contributed by atoms with Gasteiger partial charge < -0.3 is 4.74 Å². The summed E-state index contributed by atoms with van der Waals surface area (Å²) in [5.74, 6) is 0.662. The van der Waals surface area contributed by atoms with Crippen molar-refractivity contribution in [2.45, 2.75) is 51.6 Å². The third-order valence-electron chi connectivity index (χ3n) is 4.15. The third-order valence-corrected chi connectivity index (χ3v) is 4.15. The van der Waals surface area contributed by atoms with Gasteiger partial charge in [0.05, 0.1) is 0 Å². The molecule has 0 radical (unpaired) electrons. The van der Waals surface area contributed by atoms with E-state index in [1.165, 1.54) is 24.8 Å². The molecule has 2 heteroatoms. The van der Waals surface area contributed by atoms with Crippen LogP contribution in [0, 0.1) is 12.8 Å². The molecule has 0 spiro atoms. The standard InChI is InChI=1S/C17H24O2/c1-13-8-10-14(11-9-13)12-16(18)17(19-2)15-6-4-3-5-7-15/h8-11,15,17H,3-7,12H2,1-2H3. The summed E-state index contributed by atoms with van der Waals surface area (Å²) in [4.78, 5) is 12.4. The summed E-state index contributed by atoms with van der Waals surface area (Å²) in [5.41, 5.74) is 2.32. The molecule has 0 amide bonds. The lowest BCUT2D eigenvalue weighted by Gasteiger charge is -2.28. The molecule has 1 aromatic rings. The van der Waals surface area contributed by atoms with Crippen molar-refractivity contribution in [1.29, 1.82) is 0 Å². The molecule has 0 saturated heterocycles. The van der Waals surface area contributed by atoms with Crippen LogP contribution in [-0.4, -0.2) is 19.0 Å². The Kier molecular flexibility index (Phi) is 5.15. The van der Waals surface area contributed by atoms with Gasteiger partial charge in [0.2, 0.25) is 0 Å². The second-order valence-electron chi connectivity index (χ2n) is 5.68. The lowest BCUT2D eigenvalue weighted by atomic mass is 9.82. The monoisotopic (exact) mass is 260 g/mol. The highest BCUT2D eigenvalue weighted by molar-refractivity contribution is 5.85. The Hall–Kier alpha value is -1.15. The maximum Gasteiger partial charge on any atom is 0.166 e. The number of carbonyl (C=O) groups excluding carboxylic acids is 1. The minimum Gasteiger partial charge on any atom is -0.373 e. The molecule has 0 heterocycles. The molecule has 19 heavy (non-hydrogen) atoms. The van der Waals surface area contributed by atoms with Crippen molar-refractivity contribution in [3.05, 3.63) is 35.4 Å². The van der Waals surface area contributed by atoms with Gasteiger partial charge in [0, 0.05) is 13.5 Å². The topological polar surface area (TPSA) is 26.3 Å². The summed E-state index contributed by atoms with van der Waals surface area (Å²) in [6.45, 7) is 2.06. The van der Waals surface area contributed by atoms with Crippen molar-refractivity contribution < 1.29 is 9.53 Å². The molecule has 104 valence electrons. The van der Waals surface area contributed by atoms with E-state index < -0.39 is 0 Å². The summed E-state index contributed by atoms with van der Waals surface area (Å²) in [6, 6.07) is 8.21. The molecule has 0 bridgehead atoms. The van der Waals surface area contributed by atoms with Crippen LogP contribution in [0.15, 0.2) is 24.3 Å². The first-order valence-electron chi connectivity index (χ1n) is 7.32. The molecule has 1 aliphatic carbocycles. The molecule has 1 atom stereocenters. The highest BCUT2D eigenvalue weighted by Gasteiger charge is 2.29. The Morgan fingerprint density at radius 1 is 1.21 bits per heavy atom. The van der Waals surface area contributed by atoms with Crippen molar-refractivity contribution in [2.24, 2.45) is 5.92 Å². The summed E-state index contributed by atoms with van der Waals surface area (Å²) in [7, 11) is 1.67. The maximum atomic E-state index is 12.4. The van der Waals surface area contributed by atoms with Crippen molar-refractivity contribution in [1.82, 2.24) is 0 Å². The second kappa shape index (κ2) is 6.85. The van der Waals surface area contributed by atoms with E-state index in [1.54, 1.807) is 7.11 Å². The predicted molar refractivity (Wildman–Crippen MR) is 77.3 cm³/mol.